The molecule has 82 valence electrons. The predicted octanol–water partition coefficient (Wildman–Crippen LogP) is 0.559. The summed E-state index contributed by atoms with van der Waals surface area (Å²) in [6.45, 7) is 0.0682. The van der Waals surface area contributed by atoms with Crippen molar-refractivity contribution in [3.63, 3.8) is 0 Å². The van der Waals surface area contributed by atoms with E-state index in [9.17, 15) is 9.18 Å². The van der Waals surface area contributed by atoms with E-state index in [-0.39, 0.29) is 17.8 Å². The van der Waals surface area contributed by atoms with E-state index in [0.717, 1.165) is 12.3 Å². The number of carboxylic acid groups (broad SMARTS) is 1. The van der Waals surface area contributed by atoms with E-state index >= 15 is 0 Å². The van der Waals surface area contributed by atoms with E-state index in [4.69, 9.17) is 5.11 Å². The molecule has 0 bridgehead atoms. The minimum Gasteiger partial charge on any atom is -0.478 e. The van der Waals surface area contributed by atoms with Crippen LogP contribution >= 0.6 is 0 Å². The lowest BCUT2D eigenvalue weighted by atomic mass is 10.2. The highest BCUT2D eigenvalue weighted by molar-refractivity contribution is 5.87. The third-order valence-corrected chi connectivity index (χ3v) is 1.92. The molecule has 0 aliphatic rings. The molecule has 0 aliphatic carbocycles. The second kappa shape index (κ2) is 4.05. The first-order valence-electron chi connectivity index (χ1n) is 4.38. The summed E-state index contributed by atoms with van der Waals surface area (Å²) in [5.74, 6) is -1.90. The number of carbonyl (C=O) groups is 1. The minimum atomic E-state index is -1.21. The van der Waals surface area contributed by atoms with Crippen LogP contribution in [0.1, 0.15) is 16.1 Å². The van der Waals surface area contributed by atoms with Crippen molar-refractivity contribution in [2.45, 2.75) is 6.54 Å². The molecule has 0 aromatic carbocycles. The van der Waals surface area contributed by atoms with Crippen molar-refractivity contribution in [1.29, 1.82) is 0 Å². The van der Waals surface area contributed by atoms with Crippen LogP contribution in [-0.2, 0) is 6.54 Å². The number of nitrogens with zero attached hydrogens (tertiary/aromatic N) is 4. The van der Waals surface area contributed by atoms with Gasteiger partial charge in [-0.3, -0.25) is 4.98 Å². The maximum atomic E-state index is 13.4. The van der Waals surface area contributed by atoms with Gasteiger partial charge in [0.15, 0.2) is 0 Å². The van der Waals surface area contributed by atoms with Crippen LogP contribution in [-0.4, -0.2) is 31.1 Å². The van der Waals surface area contributed by atoms with Crippen molar-refractivity contribution >= 4 is 5.97 Å². The molecule has 2 heterocycles. The first-order chi connectivity index (χ1) is 7.66. The third kappa shape index (κ3) is 2.02. The van der Waals surface area contributed by atoms with Gasteiger partial charge < -0.3 is 5.11 Å². The molecule has 0 spiro atoms. The van der Waals surface area contributed by atoms with Crippen LogP contribution in [0.15, 0.2) is 24.7 Å². The zero-order valence-electron chi connectivity index (χ0n) is 8.04. The van der Waals surface area contributed by atoms with Gasteiger partial charge in [-0.2, -0.15) is 15.0 Å². The maximum absolute atomic E-state index is 13.4. The van der Waals surface area contributed by atoms with Crippen LogP contribution in [0.5, 0.6) is 0 Å². The summed E-state index contributed by atoms with van der Waals surface area (Å²) in [5.41, 5.74) is -0.0872. The zero-order valence-corrected chi connectivity index (χ0v) is 8.04. The molecule has 16 heavy (non-hydrogen) atoms. The van der Waals surface area contributed by atoms with Crippen molar-refractivity contribution in [2.75, 3.05) is 0 Å². The number of carboxylic acids is 1. The molecule has 2 aromatic heterocycles. The number of halogens is 1. The molecule has 2 aromatic rings. The average molecular weight is 222 g/mol. The Bertz CT molecular complexity index is 512. The molecule has 6 nitrogen and oxygen atoms in total. The van der Waals surface area contributed by atoms with Gasteiger partial charge in [-0.05, 0) is 6.07 Å². The number of hydrogen-bond donors (Lipinski definition) is 1. The average Bonchev–Trinajstić information content (AvgIpc) is 2.73. The molecule has 7 heteroatoms. The Balaban J connectivity index is 2.26. The van der Waals surface area contributed by atoms with Crippen LogP contribution in [0.25, 0.3) is 0 Å². The number of pyridine rings is 1. The van der Waals surface area contributed by atoms with Gasteiger partial charge in [-0.25, -0.2) is 9.18 Å². The van der Waals surface area contributed by atoms with Gasteiger partial charge >= 0.3 is 5.97 Å². The molecule has 0 saturated carbocycles. The topological polar surface area (TPSA) is 80.9 Å². The summed E-state index contributed by atoms with van der Waals surface area (Å²) in [6.07, 6.45) is 4.03. The second-order valence-electron chi connectivity index (χ2n) is 3.02. The Labute approximate surface area is 89.4 Å². The van der Waals surface area contributed by atoms with Gasteiger partial charge in [0.1, 0.15) is 12.4 Å². The van der Waals surface area contributed by atoms with Gasteiger partial charge in [0.2, 0.25) is 0 Å². The SMILES string of the molecule is O=C(O)c1cnc(Cn2nccn2)c(F)c1. The van der Waals surface area contributed by atoms with Crippen molar-refractivity contribution in [1.82, 2.24) is 20.0 Å². The zero-order chi connectivity index (χ0) is 11.5. The fraction of sp³-hybridized carbons (Fsp3) is 0.111. The van der Waals surface area contributed by atoms with Crippen molar-refractivity contribution in [3.8, 4) is 0 Å². The van der Waals surface area contributed by atoms with E-state index in [1.807, 2.05) is 0 Å². The summed E-state index contributed by atoms with van der Waals surface area (Å²) >= 11 is 0. The lowest BCUT2D eigenvalue weighted by Gasteiger charge is -2.02. The Hall–Kier alpha value is -2.31. The number of rotatable bonds is 3. The van der Waals surface area contributed by atoms with Crippen molar-refractivity contribution in [2.24, 2.45) is 0 Å². The smallest absolute Gasteiger partial charge is 0.337 e. The van der Waals surface area contributed by atoms with Crippen LogP contribution < -0.4 is 0 Å². The van der Waals surface area contributed by atoms with Gasteiger partial charge in [-0.1, -0.05) is 0 Å². The second-order valence-corrected chi connectivity index (χ2v) is 3.02. The molecular weight excluding hydrogens is 215 g/mol. The Kier molecular flexibility index (Phi) is 2.59. The molecule has 0 atom stereocenters. The molecule has 2 rings (SSSR count). The maximum Gasteiger partial charge on any atom is 0.337 e. The Morgan fingerprint density at radius 3 is 2.69 bits per heavy atom. The molecule has 0 fully saturated rings. The van der Waals surface area contributed by atoms with Gasteiger partial charge in [0.25, 0.3) is 0 Å². The van der Waals surface area contributed by atoms with E-state index in [0.29, 0.717) is 0 Å². The number of aromatic nitrogens is 4. The molecular formula is C9H7FN4O2. The molecule has 0 radical (unpaired) electrons. The van der Waals surface area contributed by atoms with E-state index in [1.54, 1.807) is 0 Å². The highest BCUT2D eigenvalue weighted by atomic mass is 19.1. The fourth-order valence-electron chi connectivity index (χ4n) is 1.16. The van der Waals surface area contributed by atoms with Crippen LogP contribution in [0.3, 0.4) is 0 Å². The van der Waals surface area contributed by atoms with Gasteiger partial charge in [0, 0.05) is 6.20 Å². The lowest BCUT2D eigenvalue weighted by molar-refractivity contribution is 0.0696. The first kappa shape index (κ1) is 10.2. The Morgan fingerprint density at radius 1 is 1.44 bits per heavy atom. The van der Waals surface area contributed by atoms with E-state index < -0.39 is 11.8 Å². The predicted molar refractivity (Wildman–Crippen MR) is 50.3 cm³/mol. The quantitative estimate of drug-likeness (QED) is 0.820. The summed E-state index contributed by atoms with van der Waals surface area (Å²) < 4.78 is 13.4. The normalized spacial score (nSPS) is 10.3. The molecule has 0 saturated heterocycles. The van der Waals surface area contributed by atoms with Crippen LogP contribution in [0, 0.1) is 5.82 Å². The van der Waals surface area contributed by atoms with E-state index in [1.165, 1.54) is 17.2 Å². The monoisotopic (exact) mass is 222 g/mol. The van der Waals surface area contributed by atoms with Crippen molar-refractivity contribution < 1.29 is 14.3 Å². The summed E-state index contributed by atoms with van der Waals surface area (Å²) in [5, 5.41) is 16.2. The van der Waals surface area contributed by atoms with Crippen LogP contribution in [0.4, 0.5) is 4.39 Å². The third-order valence-electron chi connectivity index (χ3n) is 1.92. The van der Waals surface area contributed by atoms with E-state index in [2.05, 4.69) is 15.2 Å². The van der Waals surface area contributed by atoms with Crippen LogP contribution in [0.2, 0.25) is 0 Å². The standard InChI is InChI=1S/C9H7FN4O2/c10-7-3-6(9(15)16)4-11-8(7)5-14-12-1-2-13-14/h1-4H,5H2,(H,15,16). The highest BCUT2D eigenvalue weighted by Crippen LogP contribution is 2.08. The summed E-state index contributed by atoms with van der Waals surface area (Å²) in [7, 11) is 0. The Morgan fingerprint density at radius 2 is 2.12 bits per heavy atom. The molecule has 0 aliphatic heterocycles. The molecule has 1 N–H and O–H groups in total. The fourth-order valence-corrected chi connectivity index (χ4v) is 1.16. The molecule has 0 unspecified atom stereocenters. The largest absolute Gasteiger partial charge is 0.478 e. The lowest BCUT2D eigenvalue weighted by Crippen LogP contribution is -2.09. The van der Waals surface area contributed by atoms with Gasteiger partial charge in [-0.15, -0.1) is 0 Å². The van der Waals surface area contributed by atoms with Gasteiger partial charge in [0.05, 0.1) is 23.7 Å². The van der Waals surface area contributed by atoms with Crippen molar-refractivity contribution in [3.05, 3.63) is 41.7 Å². The first-order valence-corrected chi connectivity index (χ1v) is 4.38. The number of hydrogen-bond acceptors (Lipinski definition) is 4. The molecule has 0 amide bonds. The highest BCUT2D eigenvalue weighted by Gasteiger charge is 2.10. The summed E-state index contributed by atoms with van der Waals surface area (Å²) in [6, 6.07) is 0.925. The summed E-state index contributed by atoms with van der Waals surface area (Å²) in [4.78, 5) is 15.5. The number of aromatic carboxylic acids is 1. The minimum absolute atomic E-state index is 0.0682.